The lowest BCUT2D eigenvalue weighted by Gasteiger charge is -2.31. The Morgan fingerprint density at radius 3 is 2.45 bits per heavy atom. The van der Waals surface area contributed by atoms with Gasteiger partial charge in [0, 0.05) is 48.2 Å². The molecular formula is C28H34ClN5O4. The summed E-state index contributed by atoms with van der Waals surface area (Å²) in [6.07, 6.45) is 4.20. The Bertz CT molecular complexity index is 1220. The first-order valence-corrected chi connectivity index (χ1v) is 13.3. The molecule has 2 heterocycles. The van der Waals surface area contributed by atoms with E-state index in [2.05, 4.69) is 20.6 Å². The number of hydrogen-bond acceptors (Lipinski definition) is 6. The highest BCUT2D eigenvalue weighted by Gasteiger charge is 2.22. The average molecular weight is 540 g/mol. The maximum atomic E-state index is 12.5. The Hall–Kier alpha value is -3.56. The van der Waals surface area contributed by atoms with Gasteiger partial charge in [-0.25, -0.2) is 4.79 Å². The van der Waals surface area contributed by atoms with Gasteiger partial charge < -0.3 is 20.1 Å². The number of anilines is 2. The van der Waals surface area contributed by atoms with Gasteiger partial charge in [0.2, 0.25) is 0 Å². The van der Waals surface area contributed by atoms with Gasteiger partial charge >= 0.3 is 12.0 Å². The van der Waals surface area contributed by atoms with E-state index in [1.54, 1.807) is 35.1 Å². The largest absolute Gasteiger partial charge is 0.492 e. The molecule has 10 heteroatoms. The summed E-state index contributed by atoms with van der Waals surface area (Å²) in [5.74, 6) is 1.01. The van der Waals surface area contributed by atoms with Crippen molar-refractivity contribution in [3.05, 3.63) is 59.8 Å². The fourth-order valence-electron chi connectivity index (χ4n) is 4.55. The maximum absolute atomic E-state index is 12.5. The van der Waals surface area contributed by atoms with Gasteiger partial charge in [0.05, 0.1) is 12.3 Å². The van der Waals surface area contributed by atoms with Gasteiger partial charge in [-0.05, 0) is 87.3 Å². The van der Waals surface area contributed by atoms with E-state index in [1.165, 1.54) is 0 Å². The molecule has 1 fully saturated rings. The van der Waals surface area contributed by atoms with E-state index in [0.717, 1.165) is 49.5 Å². The Morgan fingerprint density at radius 1 is 1.05 bits per heavy atom. The van der Waals surface area contributed by atoms with Crippen LogP contribution in [0.4, 0.5) is 16.2 Å². The summed E-state index contributed by atoms with van der Waals surface area (Å²) in [7, 11) is 1.87. The van der Waals surface area contributed by atoms with Crippen molar-refractivity contribution in [1.82, 2.24) is 14.7 Å². The monoisotopic (exact) mass is 539 g/mol. The molecule has 0 bridgehead atoms. The van der Waals surface area contributed by atoms with Crippen LogP contribution in [-0.2, 0) is 16.6 Å². The summed E-state index contributed by atoms with van der Waals surface area (Å²) >= 11 is 5.92. The number of aromatic nitrogens is 2. The molecule has 0 aliphatic carbocycles. The Kier molecular flexibility index (Phi) is 9.62. The minimum atomic E-state index is -0.358. The second-order valence-corrected chi connectivity index (χ2v) is 9.72. The molecule has 0 unspecified atom stereocenters. The highest BCUT2D eigenvalue weighted by molar-refractivity contribution is 6.30. The molecule has 9 nitrogen and oxygen atoms in total. The Morgan fingerprint density at radius 2 is 1.76 bits per heavy atom. The van der Waals surface area contributed by atoms with Crippen LogP contribution in [0.5, 0.6) is 5.75 Å². The number of benzene rings is 2. The van der Waals surface area contributed by atoms with E-state index in [1.807, 2.05) is 38.2 Å². The summed E-state index contributed by atoms with van der Waals surface area (Å²) in [4.78, 5) is 26.7. The molecule has 2 aromatic carbocycles. The molecule has 0 radical (unpaired) electrons. The molecule has 2 N–H and O–H groups in total. The van der Waals surface area contributed by atoms with Crippen LogP contribution < -0.4 is 15.4 Å². The van der Waals surface area contributed by atoms with Crippen LogP contribution in [0.3, 0.4) is 0 Å². The first-order chi connectivity index (χ1) is 18.4. The zero-order valence-electron chi connectivity index (χ0n) is 21.8. The van der Waals surface area contributed by atoms with Crippen molar-refractivity contribution in [1.29, 1.82) is 0 Å². The molecule has 3 aromatic rings. The number of rotatable bonds is 10. The van der Waals surface area contributed by atoms with E-state index in [9.17, 15) is 9.59 Å². The minimum absolute atomic E-state index is 0.0997. The molecule has 0 atom stereocenters. The number of nitrogens with zero attached hydrogens (tertiary/aromatic N) is 3. The highest BCUT2D eigenvalue weighted by Crippen LogP contribution is 2.33. The lowest BCUT2D eigenvalue weighted by atomic mass is 9.94. The van der Waals surface area contributed by atoms with Crippen LogP contribution in [0, 0.1) is 5.92 Å². The molecule has 0 spiro atoms. The zero-order chi connectivity index (χ0) is 26.9. The number of halogens is 1. The van der Waals surface area contributed by atoms with Gasteiger partial charge in [-0.3, -0.25) is 14.4 Å². The smallest absolute Gasteiger partial charge is 0.323 e. The quantitative estimate of drug-likeness (QED) is 0.333. The molecule has 2 amide bonds. The number of aryl methyl sites for hydroxylation is 1. The van der Waals surface area contributed by atoms with Crippen molar-refractivity contribution in [3.8, 4) is 17.0 Å². The van der Waals surface area contributed by atoms with Crippen molar-refractivity contribution in [2.24, 2.45) is 13.0 Å². The number of nitrogens with one attached hydrogen (secondary N) is 2. The maximum Gasteiger partial charge on any atom is 0.323 e. The van der Waals surface area contributed by atoms with Crippen molar-refractivity contribution < 1.29 is 19.1 Å². The van der Waals surface area contributed by atoms with E-state index >= 15 is 0 Å². The second kappa shape index (κ2) is 13.3. The lowest BCUT2D eigenvalue weighted by Crippen LogP contribution is -2.37. The summed E-state index contributed by atoms with van der Waals surface area (Å²) in [6, 6.07) is 14.0. The number of hydrogen-bond donors (Lipinski definition) is 2. The number of amides is 2. The Balaban J connectivity index is 1.34. The SMILES string of the molecule is CCOC(=O)CC1CCN(CCOc2ccc(NC(=O)Nc3ccc(Cl)cc3)cc2-c2ccnn2C)CC1. The number of piperidine rings is 1. The lowest BCUT2D eigenvalue weighted by molar-refractivity contribution is -0.144. The number of ether oxygens (including phenoxy) is 2. The third kappa shape index (κ3) is 7.72. The van der Waals surface area contributed by atoms with Gasteiger partial charge in [0.15, 0.2) is 0 Å². The molecule has 1 aliphatic heterocycles. The fraction of sp³-hybridized carbons (Fsp3) is 0.393. The summed E-state index contributed by atoms with van der Waals surface area (Å²) in [5, 5.41) is 10.6. The van der Waals surface area contributed by atoms with Crippen LogP contribution in [-0.4, -0.2) is 59.5 Å². The molecule has 38 heavy (non-hydrogen) atoms. The molecule has 0 saturated carbocycles. The summed E-state index contributed by atoms with van der Waals surface area (Å²) in [5.41, 5.74) is 2.98. The predicted molar refractivity (Wildman–Crippen MR) is 149 cm³/mol. The standard InChI is InChI=1S/C28H34ClN5O4/c1-3-37-27(35)18-20-11-14-34(15-12-20)16-17-38-26-9-8-23(19-24(26)25-10-13-30-33(25)2)32-28(36)31-22-6-4-21(29)5-7-22/h4-10,13,19-20H,3,11-12,14-18H2,1-2H3,(H2,31,32,36). The molecule has 1 saturated heterocycles. The van der Waals surface area contributed by atoms with Crippen molar-refractivity contribution in [3.63, 3.8) is 0 Å². The Labute approximate surface area is 228 Å². The van der Waals surface area contributed by atoms with E-state index in [4.69, 9.17) is 21.1 Å². The van der Waals surface area contributed by atoms with E-state index in [-0.39, 0.29) is 12.0 Å². The van der Waals surface area contributed by atoms with Gasteiger partial charge in [0.1, 0.15) is 12.4 Å². The van der Waals surface area contributed by atoms with Crippen molar-refractivity contribution >= 4 is 35.0 Å². The number of carbonyl (C=O) groups is 2. The predicted octanol–water partition coefficient (Wildman–Crippen LogP) is 5.43. The van der Waals surface area contributed by atoms with Crippen LogP contribution in [0.1, 0.15) is 26.2 Å². The van der Waals surface area contributed by atoms with Crippen LogP contribution in [0.25, 0.3) is 11.3 Å². The summed E-state index contributed by atoms with van der Waals surface area (Å²) < 4.78 is 13.1. The summed E-state index contributed by atoms with van der Waals surface area (Å²) in [6.45, 7) is 5.46. The normalized spacial score (nSPS) is 14.2. The fourth-order valence-corrected chi connectivity index (χ4v) is 4.68. The average Bonchev–Trinajstić information content (AvgIpc) is 3.33. The number of esters is 1. The number of likely N-dealkylation sites (tertiary alicyclic amines) is 1. The van der Waals surface area contributed by atoms with E-state index < -0.39 is 0 Å². The van der Waals surface area contributed by atoms with Gasteiger partial charge in [-0.2, -0.15) is 5.10 Å². The number of carbonyl (C=O) groups excluding carboxylic acids is 2. The van der Waals surface area contributed by atoms with Crippen LogP contribution in [0.15, 0.2) is 54.7 Å². The van der Waals surface area contributed by atoms with Crippen LogP contribution >= 0.6 is 11.6 Å². The molecule has 1 aromatic heterocycles. The zero-order valence-corrected chi connectivity index (χ0v) is 22.5. The van der Waals surface area contributed by atoms with Gasteiger partial charge in [-0.1, -0.05) is 11.6 Å². The van der Waals surface area contributed by atoms with Crippen molar-refractivity contribution in [2.45, 2.75) is 26.2 Å². The topological polar surface area (TPSA) is 97.7 Å². The molecule has 202 valence electrons. The minimum Gasteiger partial charge on any atom is -0.492 e. The van der Waals surface area contributed by atoms with E-state index in [0.29, 0.717) is 41.9 Å². The number of urea groups is 1. The first-order valence-electron chi connectivity index (χ1n) is 12.9. The van der Waals surface area contributed by atoms with Crippen molar-refractivity contribution in [2.75, 3.05) is 43.5 Å². The highest BCUT2D eigenvalue weighted by atomic mass is 35.5. The first kappa shape index (κ1) is 27.5. The molecule has 4 rings (SSSR count). The van der Waals surface area contributed by atoms with Gasteiger partial charge in [0.25, 0.3) is 0 Å². The third-order valence-electron chi connectivity index (χ3n) is 6.57. The van der Waals surface area contributed by atoms with Crippen LogP contribution in [0.2, 0.25) is 5.02 Å². The van der Waals surface area contributed by atoms with Gasteiger partial charge in [-0.15, -0.1) is 0 Å². The third-order valence-corrected chi connectivity index (χ3v) is 6.82. The molecular weight excluding hydrogens is 506 g/mol. The molecule has 1 aliphatic rings. The second-order valence-electron chi connectivity index (χ2n) is 9.28.